The molecule has 1 saturated carbocycles. The van der Waals surface area contributed by atoms with E-state index in [0.29, 0.717) is 11.6 Å². The minimum atomic E-state index is -4.93. The van der Waals surface area contributed by atoms with Gasteiger partial charge in [0.2, 0.25) is 5.91 Å². The Labute approximate surface area is 119 Å². The lowest BCUT2D eigenvalue weighted by Gasteiger charge is -2.08. The van der Waals surface area contributed by atoms with Gasteiger partial charge in [0.05, 0.1) is 0 Å². The van der Waals surface area contributed by atoms with Crippen LogP contribution in [-0.2, 0) is 9.59 Å². The van der Waals surface area contributed by atoms with Crippen LogP contribution in [0.4, 0.5) is 24.5 Å². The quantitative estimate of drug-likeness (QED) is 0.839. The molecule has 2 rings (SSSR count). The van der Waals surface area contributed by atoms with Crippen LogP contribution in [0.2, 0.25) is 0 Å². The highest BCUT2D eigenvalue weighted by Gasteiger charge is 2.38. The van der Waals surface area contributed by atoms with Gasteiger partial charge in [-0.05, 0) is 49.1 Å². The summed E-state index contributed by atoms with van der Waals surface area (Å²) in [7, 11) is 0. The second kappa shape index (κ2) is 5.99. The van der Waals surface area contributed by atoms with Gasteiger partial charge >= 0.3 is 12.1 Å². The molecule has 0 unspecified atom stereocenters. The van der Waals surface area contributed by atoms with Crippen molar-refractivity contribution in [1.82, 2.24) is 0 Å². The number of hydrogen-bond donors (Lipinski definition) is 2. The van der Waals surface area contributed by atoms with E-state index in [2.05, 4.69) is 5.32 Å². The number of amides is 2. The van der Waals surface area contributed by atoms with E-state index in [1.807, 2.05) is 6.08 Å². The molecule has 1 aliphatic rings. The van der Waals surface area contributed by atoms with Crippen LogP contribution in [0.15, 0.2) is 36.4 Å². The maximum Gasteiger partial charge on any atom is 0.471 e. The molecule has 1 aliphatic carbocycles. The van der Waals surface area contributed by atoms with Crippen LogP contribution in [0, 0.1) is 5.92 Å². The maximum absolute atomic E-state index is 12.1. The molecule has 7 heteroatoms. The SMILES string of the molecule is O=C(/C=C/C1CC1)Nc1ccc(NC(=O)C(F)(F)F)cc1. The first-order chi connectivity index (χ1) is 9.84. The third kappa shape index (κ3) is 4.94. The molecule has 0 aliphatic heterocycles. The Morgan fingerprint density at radius 1 is 1.05 bits per heavy atom. The first kappa shape index (κ1) is 15.1. The monoisotopic (exact) mass is 298 g/mol. The Bertz CT molecular complexity index is 561. The van der Waals surface area contributed by atoms with Gasteiger partial charge in [-0.1, -0.05) is 6.08 Å². The zero-order valence-corrected chi connectivity index (χ0v) is 10.9. The van der Waals surface area contributed by atoms with E-state index in [9.17, 15) is 22.8 Å². The van der Waals surface area contributed by atoms with Crippen molar-refractivity contribution in [2.45, 2.75) is 19.0 Å². The lowest BCUT2D eigenvalue weighted by molar-refractivity contribution is -0.167. The molecule has 0 saturated heterocycles. The zero-order chi connectivity index (χ0) is 15.5. The average Bonchev–Trinajstić information content (AvgIpc) is 3.21. The van der Waals surface area contributed by atoms with Crippen LogP contribution in [0.1, 0.15) is 12.8 Å². The van der Waals surface area contributed by atoms with Gasteiger partial charge in [0.1, 0.15) is 0 Å². The Balaban J connectivity index is 1.89. The van der Waals surface area contributed by atoms with E-state index >= 15 is 0 Å². The van der Waals surface area contributed by atoms with Crippen LogP contribution >= 0.6 is 0 Å². The number of allylic oxidation sites excluding steroid dienone is 1. The molecular formula is C14H13F3N2O2. The molecule has 2 N–H and O–H groups in total. The molecule has 1 fully saturated rings. The third-order valence-corrected chi connectivity index (χ3v) is 2.81. The lowest BCUT2D eigenvalue weighted by Crippen LogP contribution is -2.29. The molecule has 4 nitrogen and oxygen atoms in total. The maximum atomic E-state index is 12.1. The zero-order valence-electron chi connectivity index (χ0n) is 10.9. The summed E-state index contributed by atoms with van der Waals surface area (Å²) in [5, 5.41) is 4.30. The van der Waals surface area contributed by atoms with Crippen LogP contribution in [-0.4, -0.2) is 18.0 Å². The minimum absolute atomic E-state index is 0.00356. The van der Waals surface area contributed by atoms with Gasteiger partial charge in [0, 0.05) is 11.4 Å². The molecule has 0 heterocycles. The molecule has 2 amide bonds. The number of carbonyl (C=O) groups is 2. The first-order valence-corrected chi connectivity index (χ1v) is 6.32. The van der Waals surface area contributed by atoms with Gasteiger partial charge in [-0.25, -0.2) is 0 Å². The molecule has 0 atom stereocenters. The fourth-order valence-electron chi connectivity index (χ4n) is 1.53. The number of carbonyl (C=O) groups excluding carboxylic acids is 2. The van der Waals surface area contributed by atoms with E-state index in [-0.39, 0.29) is 11.6 Å². The molecular weight excluding hydrogens is 285 g/mol. The van der Waals surface area contributed by atoms with Crippen LogP contribution in [0.3, 0.4) is 0 Å². The summed E-state index contributed by atoms with van der Waals surface area (Å²) in [6, 6.07) is 5.39. The van der Waals surface area contributed by atoms with Crippen molar-refractivity contribution in [1.29, 1.82) is 0 Å². The molecule has 0 radical (unpaired) electrons. The predicted molar refractivity (Wildman–Crippen MR) is 71.6 cm³/mol. The van der Waals surface area contributed by atoms with Gasteiger partial charge in [-0.2, -0.15) is 13.2 Å². The molecule has 0 bridgehead atoms. The van der Waals surface area contributed by atoms with E-state index in [1.54, 1.807) is 5.32 Å². The highest BCUT2D eigenvalue weighted by molar-refractivity contribution is 5.99. The van der Waals surface area contributed by atoms with Crippen molar-refractivity contribution in [3.05, 3.63) is 36.4 Å². The van der Waals surface area contributed by atoms with E-state index < -0.39 is 12.1 Å². The van der Waals surface area contributed by atoms with Crippen molar-refractivity contribution in [2.24, 2.45) is 5.92 Å². The van der Waals surface area contributed by atoms with Gasteiger partial charge in [-0.15, -0.1) is 0 Å². The normalized spacial score (nSPS) is 15.0. The largest absolute Gasteiger partial charge is 0.471 e. The van der Waals surface area contributed by atoms with E-state index in [1.165, 1.54) is 30.3 Å². The Morgan fingerprint density at radius 2 is 1.57 bits per heavy atom. The number of hydrogen-bond acceptors (Lipinski definition) is 2. The summed E-state index contributed by atoms with van der Waals surface area (Å²) in [6.07, 6.45) is 0.527. The van der Waals surface area contributed by atoms with Gasteiger partial charge in [-0.3, -0.25) is 9.59 Å². The highest BCUT2D eigenvalue weighted by Crippen LogP contribution is 2.30. The first-order valence-electron chi connectivity index (χ1n) is 6.32. The minimum Gasteiger partial charge on any atom is -0.323 e. The van der Waals surface area contributed by atoms with Gasteiger partial charge in [0.25, 0.3) is 0 Å². The number of alkyl halides is 3. The Kier molecular flexibility index (Phi) is 4.30. The molecule has 21 heavy (non-hydrogen) atoms. The standard InChI is InChI=1S/C14H13F3N2O2/c15-14(16,17)13(21)19-11-6-4-10(5-7-11)18-12(20)8-3-9-1-2-9/h3-9H,1-2H2,(H,18,20)(H,19,21)/b8-3+. The van der Waals surface area contributed by atoms with E-state index in [0.717, 1.165) is 12.8 Å². The Morgan fingerprint density at radius 3 is 2.05 bits per heavy atom. The number of rotatable bonds is 4. The van der Waals surface area contributed by atoms with Crippen LogP contribution in [0.5, 0.6) is 0 Å². The fraction of sp³-hybridized carbons (Fsp3) is 0.286. The third-order valence-electron chi connectivity index (χ3n) is 2.81. The van der Waals surface area contributed by atoms with Gasteiger partial charge < -0.3 is 10.6 Å². The summed E-state index contributed by atoms with van der Waals surface area (Å²) in [6.45, 7) is 0. The topological polar surface area (TPSA) is 58.2 Å². The number of halogens is 3. The van der Waals surface area contributed by atoms with Crippen LogP contribution in [0.25, 0.3) is 0 Å². The van der Waals surface area contributed by atoms with Crippen LogP contribution < -0.4 is 10.6 Å². The van der Waals surface area contributed by atoms with Crippen molar-refractivity contribution in [2.75, 3.05) is 10.6 Å². The number of nitrogens with one attached hydrogen (secondary N) is 2. The predicted octanol–water partition coefficient (Wildman–Crippen LogP) is 3.09. The smallest absolute Gasteiger partial charge is 0.323 e. The molecule has 0 spiro atoms. The summed E-state index contributed by atoms with van der Waals surface area (Å²) in [5.41, 5.74) is 0.439. The van der Waals surface area contributed by atoms with Crippen molar-refractivity contribution in [3.63, 3.8) is 0 Å². The molecule has 1 aromatic carbocycles. The summed E-state index contributed by atoms with van der Waals surface area (Å²) >= 11 is 0. The molecule has 1 aromatic rings. The second-order valence-corrected chi connectivity index (χ2v) is 4.72. The fourth-order valence-corrected chi connectivity index (χ4v) is 1.53. The lowest BCUT2D eigenvalue weighted by atomic mass is 10.2. The van der Waals surface area contributed by atoms with E-state index in [4.69, 9.17) is 0 Å². The van der Waals surface area contributed by atoms with Crippen molar-refractivity contribution in [3.8, 4) is 0 Å². The van der Waals surface area contributed by atoms with Crippen molar-refractivity contribution < 1.29 is 22.8 Å². The van der Waals surface area contributed by atoms with Crippen molar-refractivity contribution >= 4 is 23.2 Å². The molecule has 112 valence electrons. The summed E-state index contributed by atoms with van der Waals surface area (Å²) in [4.78, 5) is 22.3. The number of anilines is 2. The second-order valence-electron chi connectivity index (χ2n) is 4.72. The summed E-state index contributed by atoms with van der Waals surface area (Å²) < 4.78 is 36.2. The Hall–Kier alpha value is -2.31. The number of benzene rings is 1. The molecule has 0 aromatic heterocycles. The van der Waals surface area contributed by atoms with Gasteiger partial charge in [0.15, 0.2) is 0 Å². The summed E-state index contributed by atoms with van der Waals surface area (Å²) in [5.74, 6) is -1.85. The highest BCUT2D eigenvalue weighted by atomic mass is 19.4. The average molecular weight is 298 g/mol.